The fourth-order valence-corrected chi connectivity index (χ4v) is 5.76. The second-order valence-electron chi connectivity index (χ2n) is 9.64. The van der Waals surface area contributed by atoms with Gasteiger partial charge in [-0.2, -0.15) is 0 Å². The van der Waals surface area contributed by atoms with Crippen LogP contribution in [-0.4, -0.2) is 35.0 Å². The number of ether oxygens (including phenoxy) is 1. The number of H-pyrrole nitrogens is 1. The van der Waals surface area contributed by atoms with Gasteiger partial charge in [-0.15, -0.1) is 0 Å². The molecule has 4 aromatic rings. The quantitative estimate of drug-likeness (QED) is 0.359. The summed E-state index contributed by atoms with van der Waals surface area (Å²) in [5.41, 5.74) is 4.71. The van der Waals surface area contributed by atoms with Gasteiger partial charge < -0.3 is 14.6 Å². The summed E-state index contributed by atoms with van der Waals surface area (Å²) in [6, 6.07) is 23.6. The highest BCUT2D eigenvalue weighted by Crippen LogP contribution is 2.50. The molecule has 1 unspecified atom stereocenters. The predicted octanol–water partition coefficient (Wildman–Crippen LogP) is 5.96. The number of carbonyl (C=O) groups is 2. The number of fused-ring (bicyclic) bond motifs is 5. The lowest BCUT2D eigenvalue weighted by Gasteiger charge is -2.40. The number of nitrogens with one attached hydrogen (secondary N) is 1. The van der Waals surface area contributed by atoms with Gasteiger partial charge in [0.2, 0.25) is 0 Å². The van der Waals surface area contributed by atoms with Gasteiger partial charge in [-0.25, -0.2) is 9.69 Å². The summed E-state index contributed by atoms with van der Waals surface area (Å²) in [4.78, 5) is 34.5. The summed E-state index contributed by atoms with van der Waals surface area (Å²) in [5, 5.41) is 1.10. The minimum atomic E-state index is -1.12. The highest BCUT2D eigenvalue weighted by atomic mass is 16.5. The van der Waals surface area contributed by atoms with E-state index in [1.54, 1.807) is 29.2 Å². The molecule has 6 nitrogen and oxygen atoms in total. The van der Waals surface area contributed by atoms with Gasteiger partial charge in [0.05, 0.1) is 18.0 Å². The van der Waals surface area contributed by atoms with Crippen molar-refractivity contribution >= 4 is 28.5 Å². The Labute approximate surface area is 210 Å². The van der Waals surface area contributed by atoms with E-state index < -0.39 is 5.54 Å². The lowest BCUT2D eigenvalue weighted by molar-refractivity contribution is -0.125. The Balaban J connectivity index is 1.50. The number of aromatic amines is 1. The van der Waals surface area contributed by atoms with E-state index >= 15 is 0 Å². The zero-order valence-electron chi connectivity index (χ0n) is 20.7. The van der Waals surface area contributed by atoms with Gasteiger partial charge in [-0.3, -0.25) is 4.79 Å². The van der Waals surface area contributed by atoms with E-state index in [0.717, 1.165) is 34.1 Å². The second kappa shape index (κ2) is 8.26. The minimum absolute atomic E-state index is 0.0489. The molecule has 1 saturated heterocycles. The average molecular weight is 480 g/mol. The Morgan fingerprint density at radius 3 is 2.39 bits per heavy atom. The first-order valence-corrected chi connectivity index (χ1v) is 12.6. The van der Waals surface area contributed by atoms with Crippen molar-refractivity contribution in [1.82, 2.24) is 9.88 Å². The van der Waals surface area contributed by atoms with Gasteiger partial charge in [0.25, 0.3) is 5.91 Å². The summed E-state index contributed by atoms with van der Waals surface area (Å²) in [6.07, 6.45) is 0.970. The van der Waals surface area contributed by atoms with Gasteiger partial charge in [0, 0.05) is 23.4 Å². The third kappa shape index (κ3) is 3.10. The molecule has 2 aliphatic heterocycles. The van der Waals surface area contributed by atoms with Crippen molar-refractivity contribution in [3.8, 4) is 5.75 Å². The lowest BCUT2D eigenvalue weighted by Crippen LogP contribution is -2.50. The first kappa shape index (κ1) is 22.4. The van der Waals surface area contributed by atoms with Crippen LogP contribution in [0.4, 0.5) is 10.5 Å². The van der Waals surface area contributed by atoms with Crippen molar-refractivity contribution in [1.29, 1.82) is 0 Å². The van der Waals surface area contributed by atoms with Crippen molar-refractivity contribution in [2.75, 3.05) is 18.1 Å². The van der Waals surface area contributed by atoms with Crippen molar-refractivity contribution in [3.05, 3.63) is 95.2 Å². The maximum Gasteiger partial charge on any atom is 0.332 e. The number of aromatic nitrogens is 1. The van der Waals surface area contributed by atoms with Crippen molar-refractivity contribution in [3.63, 3.8) is 0 Å². The van der Waals surface area contributed by atoms with Crippen molar-refractivity contribution < 1.29 is 14.3 Å². The number of benzene rings is 3. The maximum absolute atomic E-state index is 14.1. The molecule has 3 aromatic carbocycles. The molecular formula is C30H29N3O3. The van der Waals surface area contributed by atoms with Crippen molar-refractivity contribution in [2.45, 2.75) is 38.6 Å². The molecule has 0 spiro atoms. The van der Waals surface area contributed by atoms with E-state index in [4.69, 9.17) is 4.74 Å². The number of nitrogens with zero attached hydrogens (tertiary/aromatic N) is 2. The van der Waals surface area contributed by atoms with Crippen LogP contribution in [0.15, 0.2) is 72.8 Å². The molecule has 0 saturated carbocycles. The van der Waals surface area contributed by atoms with Crippen molar-refractivity contribution in [2.24, 2.45) is 0 Å². The first-order chi connectivity index (χ1) is 17.5. The number of para-hydroxylation sites is 1. The molecular weight excluding hydrogens is 450 g/mol. The molecule has 0 radical (unpaired) electrons. The number of urea groups is 1. The number of anilines is 1. The van der Waals surface area contributed by atoms with Crippen LogP contribution in [0, 0.1) is 0 Å². The molecule has 2 atom stereocenters. The smallest absolute Gasteiger partial charge is 0.332 e. The van der Waals surface area contributed by atoms with E-state index in [1.807, 2.05) is 32.0 Å². The minimum Gasteiger partial charge on any atom is -0.494 e. The number of hydrogen-bond acceptors (Lipinski definition) is 3. The summed E-state index contributed by atoms with van der Waals surface area (Å²) in [6.45, 7) is 6.91. The number of carbonyl (C=O) groups excluding carboxylic acids is 2. The monoisotopic (exact) mass is 479 g/mol. The fraction of sp³-hybridized carbons (Fsp3) is 0.267. The molecule has 1 fully saturated rings. The zero-order chi connectivity index (χ0) is 25.0. The van der Waals surface area contributed by atoms with Crippen LogP contribution < -0.4 is 9.64 Å². The van der Waals surface area contributed by atoms with Gasteiger partial charge in [0.1, 0.15) is 5.75 Å². The normalized spacial score (nSPS) is 21.1. The van der Waals surface area contributed by atoms with E-state index in [0.29, 0.717) is 24.6 Å². The van der Waals surface area contributed by atoms with Crippen LogP contribution in [0.5, 0.6) is 5.75 Å². The Morgan fingerprint density at radius 2 is 1.69 bits per heavy atom. The number of rotatable bonds is 5. The number of amides is 3. The maximum atomic E-state index is 14.1. The molecule has 0 aliphatic carbocycles. The van der Waals surface area contributed by atoms with Crippen LogP contribution in [0.3, 0.4) is 0 Å². The molecule has 6 heteroatoms. The SMILES string of the molecule is CCOc1ccc(N2C(=O)N3CC(c4ccc(CC)cc4)c4c([nH]c5ccccc45)[C@@]3(C)C2=O)cc1. The summed E-state index contributed by atoms with van der Waals surface area (Å²) in [5.74, 6) is 0.411. The molecule has 6 rings (SSSR count). The third-order valence-electron chi connectivity index (χ3n) is 7.72. The van der Waals surface area contributed by atoms with Crippen LogP contribution in [0.2, 0.25) is 0 Å². The van der Waals surface area contributed by atoms with E-state index in [2.05, 4.69) is 42.2 Å². The molecule has 0 bridgehead atoms. The number of hydrogen-bond donors (Lipinski definition) is 1. The molecule has 1 aromatic heterocycles. The van der Waals surface area contributed by atoms with Gasteiger partial charge in [-0.1, -0.05) is 49.4 Å². The van der Waals surface area contributed by atoms with Gasteiger partial charge in [0.15, 0.2) is 5.54 Å². The summed E-state index contributed by atoms with van der Waals surface area (Å²) in [7, 11) is 0. The molecule has 3 heterocycles. The largest absolute Gasteiger partial charge is 0.494 e. The Hall–Kier alpha value is -4.06. The van der Waals surface area contributed by atoms with E-state index in [1.165, 1.54) is 10.5 Å². The van der Waals surface area contributed by atoms with Gasteiger partial charge >= 0.3 is 6.03 Å². The first-order valence-electron chi connectivity index (χ1n) is 12.6. The van der Waals surface area contributed by atoms with Gasteiger partial charge in [-0.05, 0) is 67.3 Å². The fourth-order valence-electron chi connectivity index (χ4n) is 5.76. The van der Waals surface area contributed by atoms with Crippen LogP contribution in [0.25, 0.3) is 10.9 Å². The number of aryl methyl sites for hydroxylation is 1. The Morgan fingerprint density at radius 1 is 0.972 bits per heavy atom. The molecule has 3 amide bonds. The Kier molecular flexibility index (Phi) is 5.14. The summed E-state index contributed by atoms with van der Waals surface area (Å²) < 4.78 is 5.55. The van der Waals surface area contributed by atoms with Crippen LogP contribution in [0.1, 0.15) is 49.1 Å². The average Bonchev–Trinajstić information content (AvgIpc) is 3.39. The summed E-state index contributed by atoms with van der Waals surface area (Å²) >= 11 is 0. The zero-order valence-corrected chi connectivity index (χ0v) is 20.7. The Bertz CT molecular complexity index is 1470. The highest BCUT2D eigenvalue weighted by Gasteiger charge is 2.60. The highest BCUT2D eigenvalue weighted by molar-refractivity contribution is 6.23. The molecule has 2 aliphatic rings. The standard InChI is InChI=1S/C30H29N3O3/c1-4-19-10-12-20(13-11-19)24-18-32-29(35)33(21-14-16-22(17-15-21)36-5-2)28(34)30(32,3)27-26(24)23-8-6-7-9-25(23)31-27/h6-17,24,31H,4-5,18H2,1-3H3/t24?,30-/m0/s1. The topological polar surface area (TPSA) is 65.6 Å². The predicted molar refractivity (Wildman–Crippen MR) is 141 cm³/mol. The molecule has 182 valence electrons. The van der Waals surface area contributed by atoms with E-state index in [-0.39, 0.29) is 17.9 Å². The number of imide groups is 1. The second-order valence-corrected chi connectivity index (χ2v) is 9.64. The lowest BCUT2D eigenvalue weighted by atomic mass is 9.78. The van der Waals surface area contributed by atoms with Crippen LogP contribution in [-0.2, 0) is 16.8 Å². The molecule has 1 N–H and O–H groups in total. The van der Waals surface area contributed by atoms with Crippen LogP contribution >= 0.6 is 0 Å². The van der Waals surface area contributed by atoms with E-state index in [9.17, 15) is 9.59 Å². The molecule has 36 heavy (non-hydrogen) atoms. The third-order valence-corrected chi connectivity index (χ3v) is 7.72.